The highest BCUT2D eigenvalue weighted by molar-refractivity contribution is 5.99. The van der Waals surface area contributed by atoms with Crippen LogP contribution >= 0.6 is 0 Å². The summed E-state index contributed by atoms with van der Waals surface area (Å²) < 4.78 is 0. The molecule has 0 saturated carbocycles. The standard InChI is InChI=1S/C18H18N4O/c1-11-5-4-6-14-7-16(13(3)22-17(11)14)18(23)21-10-15-9-19-12(2)8-20-15/h4-9H,10H2,1-3H3,(H,21,23). The molecule has 0 aliphatic carbocycles. The number of pyridine rings is 1. The fraction of sp³-hybridized carbons (Fsp3) is 0.222. The second-order valence-corrected chi connectivity index (χ2v) is 5.60. The van der Waals surface area contributed by atoms with E-state index in [2.05, 4.69) is 20.3 Å². The van der Waals surface area contributed by atoms with Crippen LogP contribution in [-0.4, -0.2) is 20.9 Å². The quantitative estimate of drug-likeness (QED) is 0.808. The molecule has 0 aliphatic heterocycles. The maximum Gasteiger partial charge on any atom is 0.253 e. The Bertz CT molecular complexity index is 872. The molecular formula is C18H18N4O. The smallest absolute Gasteiger partial charge is 0.253 e. The van der Waals surface area contributed by atoms with E-state index in [1.807, 2.05) is 45.0 Å². The van der Waals surface area contributed by atoms with Gasteiger partial charge in [0.25, 0.3) is 5.91 Å². The number of nitrogens with zero attached hydrogens (tertiary/aromatic N) is 3. The Labute approximate surface area is 134 Å². The van der Waals surface area contributed by atoms with E-state index in [0.717, 1.165) is 33.5 Å². The number of aromatic nitrogens is 3. The lowest BCUT2D eigenvalue weighted by Gasteiger charge is -2.09. The molecule has 0 saturated heterocycles. The average molecular weight is 306 g/mol. The molecule has 1 N–H and O–H groups in total. The molecule has 0 aliphatic rings. The lowest BCUT2D eigenvalue weighted by molar-refractivity contribution is 0.0949. The Morgan fingerprint density at radius 3 is 2.70 bits per heavy atom. The Hall–Kier alpha value is -2.82. The minimum atomic E-state index is -0.152. The van der Waals surface area contributed by atoms with Crippen LogP contribution < -0.4 is 5.32 Å². The van der Waals surface area contributed by atoms with E-state index in [1.54, 1.807) is 12.4 Å². The number of carbonyl (C=O) groups excluding carboxylic acids is 1. The van der Waals surface area contributed by atoms with Crippen molar-refractivity contribution in [3.63, 3.8) is 0 Å². The van der Waals surface area contributed by atoms with Crippen LogP contribution in [0, 0.1) is 20.8 Å². The summed E-state index contributed by atoms with van der Waals surface area (Å²) in [6.07, 6.45) is 3.36. The Morgan fingerprint density at radius 1 is 1.13 bits per heavy atom. The van der Waals surface area contributed by atoms with Gasteiger partial charge in [0, 0.05) is 11.6 Å². The summed E-state index contributed by atoms with van der Waals surface area (Å²) in [5, 5.41) is 3.84. The molecule has 3 rings (SSSR count). The molecule has 5 heteroatoms. The van der Waals surface area contributed by atoms with Crippen molar-refractivity contribution in [2.45, 2.75) is 27.3 Å². The molecule has 23 heavy (non-hydrogen) atoms. The summed E-state index contributed by atoms with van der Waals surface area (Å²) in [7, 11) is 0. The van der Waals surface area contributed by atoms with E-state index >= 15 is 0 Å². The van der Waals surface area contributed by atoms with Gasteiger partial charge in [-0.05, 0) is 32.4 Å². The van der Waals surface area contributed by atoms with E-state index in [-0.39, 0.29) is 5.91 Å². The molecule has 0 fully saturated rings. The Kier molecular flexibility index (Phi) is 4.02. The molecule has 0 bridgehead atoms. The van der Waals surface area contributed by atoms with Crippen LogP contribution in [0.3, 0.4) is 0 Å². The van der Waals surface area contributed by atoms with Crippen molar-refractivity contribution in [3.8, 4) is 0 Å². The van der Waals surface area contributed by atoms with Gasteiger partial charge in [-0.3, -0.25) is 19.7 Å². The first-order valence-electron chi connectivity index (χ1n) is 7.47. The van der Waals surface area contributed by atoms with E-state index in [0.29, 0.717) is 12.1 Å². The second-order valence-electron chi connectivity index (χ2n) is 5.60. The summed E-state index contributed by atoms with van der Waals surface area (Å²) in [6, 6.07) is 7.85. The van der Waals surface area contributed by atoms with Crippen molar-refractivity contribution in [2.24, 2.45) is 0 Å². The van der Waals surface area contributed by atoms with Crippen LogP contribution in [0.1, 0.15) is 33.0 Å². The summed E-state index contributed by atoms with van der Waals surface area (Å²) in [5.41, 5.74) is 4.93. The number of fused-ring (bicyclic) bond motifs is 1. The van der Waals surface area contributed by atoms with Gasteiger partial charge in [0.15, 0.2) is 0 Å². The first-order chi connectivity index (χ1) is 11.0. The van der Waals surface area contributed by atoms with Gasteiger partial charge in [0.1, 0.15) is 0 Å². The van der Waals surface area contributed by atoms with Crippen molar-refractivity contribution in [1.82, 2.24) is 20.3 Å². The van der Waals surface area contributed by atoms with Crippen LogP contribution in [-0.2, 0) is 6.54 Å². The highest BCUT2D eigenvalue weighted by Gasteiger charge is 2.12. The van der Waals surface area contributed by atoms with Gasteiger partial charge >= 0.3 is 0 Å². The molecule has 3 aromatic rings. The number of hydrogen-bond acceptors (Lipinski definition) is 4. The summed E-state index contributed by atoms with van der Waals surface area (Å²) in [5.74, 6) is -0.152. The summed E-state index contributed by atoms with van der Waals surface area (Å²) in [6.45, 7) is 6.09. The van der Waals surface area contributed by atoms with Gasteiger partial charge in [-0.2, -0.15) is 0 Å². The van der Waals surface area contributed by atoms with Gasteiger partial charge in [-0.1, -0.05) is 18.2 Å². The normalized spacial score (nSPS) is 10.7. The first-order valence-corrected chi connectivity index (χ1v) is 7.47. The van der Waals surface area contributed by atoms with Crippen LogP contribution in [0.15, 0.2) is 36.7 Å². The fourth-order valence-electron chi connectivity index (χ4n) is 2.45. The maximum absolute atomic E-state index is 12.4. The topological polar surface area (TPSA) is 67.8 Å². The first kappa shape index (κ1) is 15.1. The Morgan fingerprint density at radius 2 is 1.96 bits per heavy atom. The van der Waals surface area contributed by atoms with Crippen molar-refractivity contribution in [2.75, 3.05) is 0 Å². The molecule has 1 aromatic carbocycles. The zero-order valence-corrected chi connectivity index (χ0v) is 13.4. The van der Waals surface area contributed by atoms with Gasteiger partial charge in [0.05, 0.1) is 40.9 Å². The third-order valence-corrected chi connectivity index (χ3v) is 3.75. The monoisotopic (exact) mass is 306 g/mol. The Balaban J connectivity index is 1.83. The average Bonchev–Trinajstić information content (AvgIpc) is 2.54. The van der Waals surface area contributed by atoms with Crippen LogP contribution in [0.2, 0.25) is 0 Å². The van der Waals surface area contributed by atoms with Crippen molar-refractivity contribution >= 4 is 16.8 Å². The molecule has 0 unspecified atom stereocenters. The number of benzene rings is 1. The molecule has 5 nitrogen and oxygen atoms in total. The fourth-order valence-corrected chi connectivity index (χ4v) is 2.45. The van der Waals surface area contributed by atoms with Gasteiger partial charge in [-0.25, -0.2) is 0 Å². The third kappa shape index (κ3) is 3.18. The van der Waals surface area contributed by atoms with Gasteiger partial charge in [0.2, 0.25) is 0 Å². The van der Waals surface area contributed by atoms with Crippen molar-refractivity contribution in [3.05, 3.63) is 64.9 Å². The molecular weight excluding hydrogens is 288 g/mol. The lowest BCUT2D eigenvalue weighted by Crippen LogP contribution is -2.24. The lowest BCUT2D eigenvalue weighted by atomic mass is 10.1. The molecule has 0 spiro atoms. The van der Waals surface area contributed by atoms with E-state index < -0.39 is 0 Å². The molecule has 0 radical (unpaired) electrons. The maximum atomic E-state index is 12.4. The number of hydrogen-bond donors (Lipinski definition) is 1. The number of carbonyl (C=O) groups is 1. The number of aryl methyl sites for hydroxylation is 3. The number of para-hydroxylation sites is 1. The summed E-state index contributed by atoms with van der Waals surface area (Å²) >= 11 is 0. The minimum Gasteiger partial charge on any atom is -0.346 e. The summed E-state index contributed by atoms with van der Waals surface area (Å²) in [4.78, 5) is 25.4. The predicted octanol–water partition coefficient (Wildman–Crippen LogP) is 2.88. The minimum absolute atomic E-state index is 0.152. The zero-order valence-electron chi connectivity index (χ0n) is 13.4. The highest BCUT2D eigenvalue weighted by Crippen LogP contribution is 2.19. The van der Waals surface area contributed by atoms with Gasteiger partial charge < -0.3 is 5.32 Å². The van der Waals surface area contributed by atoms with E-state index in [4.69, 9.17) is 0 Å². The second kappa shape index (κ2) is 6.12. The van der Waals surface area contributed by atoms with E-state index in [9.17, 15) is 4.79 Å². The van der Waals surface area contributed by atoms with Crippen LogP contribution in [0.5, 0.6) is 0 Å². The SMILES string of the molecule is Cc1cnc(CNC(=O)c2cc3cccc(C)c3nc2C)cn1. The van der Waals surface area contributed by atoms with Gasteiger partial charge in [-0.15, -0.1) is 0 Å². The number of rotatable bonds is 3. The van der Waals surface area contributed by atoms with Crippen molar-refractivity contribution in [1.29, 1.82) is 0 Å². The predicted molar refractivity (Wildman–Crippen MR) is 89.2 cm³/mol. The molecule has 2 aromatic heterocycles. The molecule has 116 valence electrons. The van der Waals surface area contributed by atoms with E-state index in [1.165, 1.54) is 0 Å². The van der Waals surface area contributed by atoms with Crippen molar-refractivity contribution < 1.29 is 4.79 Å². The number of nitrogens with one attached hydrogen (secondary N) is 1. The van der Waals surface area contributed by atoms with Crippen LogP contribution in [0.4, 0.5) is 0 Å². The number of amides is 1. The third-order valence-electron chi connectivity index (χ3n) is 3.75. The molecule has 1 amide bonds. The molecule has 0 atom stereocenters. The largest absolute Gasteiger partial charge is 0.346 e. The molecule has 2 heterocycles. The zero-order chi connectivity index (χ0) is 16.4. The van der Waals surface area contributed by atoms with Crippen LogP contribution in [0.25, 0.3) is 10.9 Å². The highest BCUT2D eigenvalue weighted by atomic mass is 16.1.